The third-order valence-corrected chi connectivity index (χ3v) is 3.49. The molecule has 1 unspecified atom stereocenters. The minimum atomic E-state index is -0.966. The minimum absolute atomic E-state index is 0.0187. The van der Waals surface area contributed by atoms with Crippen LogP contribution in [0.4, 0.5) is 4.79 Å². The largest absolute Gasteiger partial charge is 0.366 e. The van der Waals surface area contributed by atoms with Gasteiger partial charge in [-0.15, -0.1) is 0 Å². The van der Waals surface area contributed by atoms with Crippen LogP contribution in [0.25, 0.3) is 0 Å². The first-order valence-corrected chi connectivity index (χ1v) is 6.77. The van der Waals surface area contributed by atoms with Gasteiger partial charge < -0.3 is 15.0 Å². The Hall–Kier alpha value is -1.63. The van der Waals surface area contributed by atoms with E-state index < -0.39 is 11.6 Å². The second kappa shape index (κ2) is 5.05. The van der Waals surface area contributed by atoms with Crippen molar-refractivity contribution in [1.29, 1.82) is 0 Å². The van der Waals surface area contributed by atoms with Crippen molar-refractivity contribution < 1.29 is 19.1 Å². The van der Waals surface area contributed by atoms with Crippen molar-refractivity contribution in [3.05, 3.63) is 0 Å². The van der Waals surface area contributed by atoms with E-state index in [2.05, 4.69) is 10.6 Å². The lowest BCUT2D eigenvalue weighted by Gasteiger charge is -2.38. The van der Waals surface area contributed by atoms with Crippen LogP contribution < -0.4 is 10.6 Å². The molecule has 1 spiro atoms. The van der Waals surface area contributed by atoms with Crippen LogP contribution in [0, 0.1) is 0 Å². The quantitative estimate of drug-likeness (QED) is 0.698. The Kier molecular flexibility index (Phi) is 3.73. The molecule has 0 aromatic carbocycles. The lowest BCUT2D eigenvalue weighted by molar-refractivity contribution is -0.144. The normalized spacial score (nSPS) is 26.6. The Labute approximate surface area is 118 Å². The van der Waals surface area contributed by atoms with Gasteiger partial charge in [-0.05, 0) is 33.6 Å². The van der Waals surface area contributed by atoms with Crippen LogP contribution >= 0.6 is 0 Å². The molecule has 0 radical (unpaired) electrons. The molecule has 7 heteroatoms. The molecule has 0 bridgehead atoms. The van der Waals surface area contributed by atoms with Crippen molar-refractivity contribution in [3.8, 4) is 0 Å². The van der Waals surface area contributed by atoms with Crippen molar-refractivity contribution in [2.24, 2.45) is 0 Å². The highest BCUT2D eigenvalue weighted by Crippen LogP contribution is 2.24. The molecule has 2 saturated heterocycles. The van der Waals surface area contributed by atoms with E-state index in [1.54, 1.807) is 4.90 Å². The zero-order valence-electron chi connectivity index (χ0n) is 12.1. The molecule has 4 amide bonds. The maximum atomic E-state index is 12.1. The maximum Gasteiger partial charge on any atom is 0.322 e. The van der Waals surface area contributed by atoms with Crippen molar-refractivity contribution in [1.82, 2.24) is 15.5 Å². The number of nitrogens with one attached hydrogen (secondary N) is 2. The van der Waals surface area contributed by atoms with Gasteiger partial charge in [0, 0.05) is 6.54 Å². The van der Waals surface area contributed by atoms with Crippen molar-refractivity contribution in [2.75, 3.05) is 19.7 Å². The Morgan fingerprint density at radius 3 is 2.65 bits per heavy atom. The number of imide groups is 1. The highest BCUT2D eigenvalue weighted by Gasteiger charge is 2.49. The van der Waals surface area contributed by atoms with E-state index in [1.165, 1.54) is 0 Å². The molecule has 0 saturated carbocycles. The Balaban J connectivity index is 1.99. The number of rotatable bonds is 2. The van der Waals surface area contributed by atoms with Crippen LogP contribution in [-0.4, -0.2) is 53.6 Å². The highest BCUT2D eigenvalue weighted by molar-refractivity contribution is 6.07. The zero-order chi connectivity index (χ0) is 15.0. The van der Waals surface area contributed by atoms with E-state index >= 15 is 0 Å². The molecule has 2 aliphatic rings. The summed E-state index contributed by atoms with van der Waals surface area (Å²) in [6, 6.07) is -0.491. The zero-order valence-corrected chi connectivity index (χ0v) is 12.1. The summed E-state index contributed by atoms with van der Waals surface area (Å²) < 4.78 is 5.46. The summed E-state index contributed by atoms with van der Waals surface area (Å²) in [6.45, 7) is 6.40. The molecule has 112 valence electrons. The van der Waals surface area contributed by atoms with E-state index in [0.29, 0.717) is 19.4 Å². The molecular formula is C13H21N3O4. The first-order chi connectivity index (χ1) is 9.22. The van der Waals surface area contributed by atoms with Gasteiger partial charge >= 0.3 is 6.03 Å². The predicted octanol–water partition coefficient (Wildman–Crippen LogP) is 0.00210. The molecular weight excluding hydrogens is 262 g/mol. The van der Waals surface area contributed by atoms with Crippen LogP contribution in [0.3, 0.4) is 0 Å². The van der Waals surface area contributed by atoms with Crippen molar-refractivity contribution in [3.63, 3.8) is 0 Å². The van der Waals surface area contributed by atoms with Gasteiger partial charge in [0.2, 0.25) is 5.91 Å². The predicted molar refractivity (Wildman–Crippen MR) is 70.9 cm³/mol. The number of ether oxygens (including phenoxy) is 1. The van der Waals surface area contributed by atoms with Crippen LogP contribution in [0.15, 0.2) is 0 Å². The van der Waals surface area contributed by atoms with E-state index in [-0.39, 0.29) is 30.6 Å². The second-order valence-electron chi connectivity index (χ2n) is 6.31. The minimum Gasteiger partial charge on any atom is -0.366 e. The molecule has 2 fully saturated rings. The maximum absolute atomic E-state index is 12.1. The second-order valence-corrected chi connectivity index (χ2v) is 6.31. The molecule has 7 nitrogen and oxygen atoms in total. The topological polar surface area (TPSA) is 87.7 Å². The van der Waals surface area contributed by atoms with Crippen LogP contribution in [0.1, 0.15) is 33.6 Å². The van der Waals surface area contributed by atoms with Crippen molar-refractivity contribution in [2.45, 2.75) is 44.8 Å². The van der Waals surface area contributed by atoms with Gasteiger partial charge in [0.15, 0.2) is 0 Å². The Bertz CT molecular complexity index is 443. The molecule has 2 heterocycles. The molecule has 1 atom stereocenters. The van der Waals surface area contributed by atoms with Crippen molar-refractivity contribution >= 4 is 17.8 Å². The van der Waals surface area contributed by atoms with E-state index in [0.717, 1.165) is 0 Å². The fourth-order valence-electron chi connectivity index (χ4n) is 2.45. The Morgan fingerprint density at radius 2 is 2.10 bits per heavy atom. The number of piperidine rings is 1. The number of nitrogens with zero attached hydrogens (tertiary/aromatic N) is 1. The van der Waals surface area contributed by atoms with E-state index in [1.807, 2.05) is 20.8 Å². The molecule has 2 N–H and O–H groups in total. The molecule has 20 heavy (non-hydrogen) atoms. The first kappa shape index (κ1) is 14.8. The van der Waals surface area contributed by atoms with Crippen LogP contribution in [0.5, 0.6) is 0 Å². The van der Waals surface area contributed by atoms with Gasteiger partial charge in [0.25, 0.3) is 5.91 Å². The molecule has 2 aliphatic heterocycles. The first-order valence-electron chi connectivity index (χ1n) is 6.77. The molecule has 0 aliphatic carbocycles. The molecule has 0 aromatic heterocycles. The third-order valence-electron chi connectivity index (χ3n) is 3.49. The van der Waals surface area contributed by atoms with Gasteiger partial charge in [-0.25, -0.2) is 4.79 Å². The van der Waals surface area contributed by atoms with Gasteiger partial charge in [-0.1, -0.05) is 0 Å². The van der Waals surface area contributed by atoms with Gasteiger partial charge in [-0.2, -0.15) is 0 Å². The molecule has 2 rings (SSSR count). The fraction of sp³-hybridized carbons (Fsp3) is 0.769. The summed E-state index contributed by atoms with van der Waals surface area (Å²) in [5, 5.41) is 4.88. The molecule has 0 aromatic rings. The number of amides is 4. The number of hydrogen-bond donors (Lipinski definition) is 2. The lowest BCUT2D eigenvalue weighted by Crippen LogP contribution is -2.60. The Morgan fingerprint density at radius 1 is 1.40 bits per heavy atom. The van der Waals surface area contributed by atoms with E-state index in [9.17, 15) is 14.4 Å². The van der Waals surface area contributed by atoms with Crippen LogP contribution in [-0.2, 0) is 14.3 Å². The number of urea groups is 1. The summed E-state index contributed by atoms with van der Waals surface area (Å²) in [5.41, 5.74) is -1.35. The SMILES string of the molecule is CC(C)(C)OCC(=O)N1CCCC2(C1)NC(=O)NC2=O. The number of carbonyl (C=O) groups excluding carboxylic acids is 3. The van der Waals surface area contributed by atoms with Gasteiger partial charge in [0.1, 0.15) is 12.1 Å². The highest BCUT2D eigenvalue weighted by atomic mass is 16.5. The standard InChI is InChI=1S/C13H21N3O4/c1-12(2,3)20-7-9(17)16-6-4-5-13(8-16)10(18)14-11(19)15-13/h4-8H2,1-3H3,(H2,14,15,18,19). The average molecular weight is 283 g/mol. The number of likely N-dealkylation sites (tertiary alicyclic amines) is 1. The smallest absolute Gasteiger partial charge is 0.322 e. The number of hydrogen-bond acceptors (Lipinski definition) is 4. The summed E-state index contributed by atoms with van der Waals surface area (Å²) in [5.74, 6) is -0.510. The number of carbonyl (C=O) groups is 3. The third kappa shape index (κ3) is 3.09. The summed E-state index contributed by atoms with van der Waals surface area (Å²) in [4.78, 5) is 36.9. The summed E-state index contributed by atoms with van der Waals surface area (Å²) in [7, 11) is 0. The van der Waals surface area contributed by atoms with E-state index in [4.69, 9.17) is 4.74 Å². The van der Waals surface area contributed by atoms with Gasteiger partial charge in [0.05, 0.1) is 12.1 Å². The monoisotopic (exact) mass is 283 g/mol. The summed E-state index contributed by atoms with van der Waals surface area (Å²) >= 11 is 0. The average Bonchev–Trinajstić information content (AvgIpc) is 2.60. The van der Waals surface area contributed by atoms with Gasteiger partial charge in [-0.3, -0.25) is 14.9 Å². The lowest BCUT2D eigenvalue weighted by atomic mass is 9.89. The summed E-state index contributed by atoms with van der Waals surface area (Å²) in [6.07, 6.45) is 1.23. The van der Waals surface area contributed by atoms with Crippen LogP contribution in [0.2, 0.25) is 0 Å². The fourth-order valence-corrected chi connectivity index (χ4v) is 2.45.